The summed E-state index contributed by atoms with van der Waals surface area (Å²) in [5.74, 6) is 0.842. The molecule has 0 spiro atoms. The molecular formula is C14H18BrN3O. The first-order chi connectivity index (χ1) is 9.15. The van der Waals surface area contributed by atoms with Crippen LogP contribution >= 0.6 is 15.9 Å². The highest BCUT2D eigenvalue weighted by atomic mass is 79.9. The van der Waals surface area contributed by atoms with Gasteiger partial charge in [-0.1, -0.05) is 15.9 Å². The van der Waals surface area contributed by atoms with Crippen molar-refractivity contribution in [2.45, 2.75) is 26.9 Å². The monoisotopic (exact) mass is 323 g/mol. The summed E-state index contributed by atoms with van der Waals surface area (Å²) in [7, 11) is 1.68. The number of hydrogen-bond acceptors (Lipinski definition) is 3. The number of benzene rings is 1. The van der Waals surface area contributed by atoms with E-state index < -0.39 is 0 Å². The van der Waals surface area contributed by atoms with Crippen LogP contribution in [0.5, 0.6) is 5.75 Å². The lowest BCUT2D eigenvalue weighted by molar-refractivity contribution is 0.416. The fourth-order valence-electron chi connectivity index (χ4n) is 2.07. The minimum Gasteiger partial charge on any atom is -0.495 e. The zero-order valence-corrected chi connectivity index (χ0v) is 13.0. The van der Waals surface area contributed by atoms with Crippen LogP contribution in [0.2, 0.25) is 0 Å². The second kappa shape index (κ2) is 6.10. The fourth-order valence-corrected chi connectivity index (χ4v) is 2.63. The number of aryl methyl sites for hydroxylation is 2. The van der Waals surface area contributed by atoms with Crippen molar-refractivity contribution >= 4 is 21.6 Å². The van der Waals surface area contributed by atoms with Crippen LogP contribution in [0, 0.1) is 6.92 Å². The van der Waals surface area contributed by atoms with E-state index in [-0.39, 0.29) is 0 Å². The summed E-state index contributed by atoms with van der Waals surface area (Å²) in [6.45, 7) is 5.75. The summed E-state index contributed by atoms with van der Waals surface area (Å²) >= 11 is 3.48. The van der Waals surface area contributed by atoms with Gasteiger partial charge in [0.1, 0.15) is 5.75 Å². The zero-order valence-electron chi connectivity index (χ0n) is 11.4. The Morgan fingerprint density at radius 1 is 1.42 bits per heavy atom. The Labute approximate surface area is 121 Å². The van der Waals surface area contributed by atoms with E-state index in [2.05, 4.69) is 46.3 Å². The Balaban J connectivity index is 2.20. The van der Waals surface area contributed by atoms with Gasteiger partial charge in [0, 0.05) is 17.2 Å². The molecule has 0 radical (unpaired) electrons. The van der Waals surface area contributed by atoms with E-state index in [1.165, 1.54) is 0 Å². The van der Waals surface area contributed by atoms with E-state index in [4.69, 9.17) is 4.74 Å². The van der Waals surface area contributed by atoms with Gasteiger partial charge in [0.15, 0.2) is 0 Å². The molecule has 0 atom stereocenters. The predicted octanol–water partition coefficient (Wildman–Crippen LogP) is 3.59. The Morgan fingerprint density at radius 3 is 2.89 bits per heavy atom. The number of nitrogens with one attached hydrogen (secondary N) is 1. The van der Waals surface area contributed by atoms with Gasteiger partial charge in [-0.2, -0.15) is 5.10 Å². The molecule has 0 saturated heterocycles. The molecule has 0 aliphatic heterocycles. The second-order valence-electron chi connectivity index (χ2n) is 4.29. The molecule has 0 bridgehead atoms. The number of halogens is 1. The molecule has 1 heterocycles. The van der Waals surface area contributed by atoms with E-state index in [0.717, 1.165) is 40.3 Å². The molecule has 1 aromatic carbocycles. The maximum Gasteiger partial charge on any atom is 0.143 e. The molecule has 0 aliphatic carbocycles. The molecule has 2 rings (SSSR count). The lowest BCUT2D eigenvalue weighted by Gasteiger charge is -2.15. The highest BCUT2D eigenvalue weighted by molar-refractivity contribution is 9.10. The van der Waals surface area contributed by atoms with Crippen molar-refractivity contribution in [2.75, 3.05) is 12.4 Å². The topological polar surface area (TPSA) is 39.1 Å². The number of hydrogen-bond donors (Lipinski definition) is 1. The predicted molar refractivity (Wildman–Crippen MR) is 80.7 cm³/mol. The molecule has 0 unspecified atom stereocenters. The molecule has 0 amide bonds. The second-order valence-corrected chi connectivity index (χ2v) is 5.21. The SMILES string of the molecule is CCn1nccc1CNc1c(C)cc(Br)cc1OC. The van der Waals surface area contributed by atoms with Gasteiger partial charge < -0.3 is 10.1 Å². The summed E-state index contributed by atoms with van der Waals surface area (Å²) in [4.78, 5) is 0. The van der Waals surface area contributed by atoms with Gasteiger partial charge in [0.05, 0.1) is 25.0 Å². The van der Waals surface area contributed by atoms with Gasteiger partial charge in [0.25, 0.3) is 0 Å². The van der Waals surface area contributed by atoms with Gasteiger partial charge in [0.2, 0.25) is 0 Å². The molecule has 1 aromatic heterocycles. The number of nitrogens with zero attached hydrogens (tertiary/aromatic N) is 2. The highest BCUT2D eigenvalue weighted by Gasteiger charge is 2.09. The van der Waals surface area contributed by atoms with Crippen molar-refractivity contribution in [1.29, 1.82) is 0 Å². The van der Waals surface area contributed by atoms with E-state index in [1.54, 1.807) is 7.11 Å². The molecule has 1 N–H and O–H groups in total. The number of ether oxygens (including phenoxy) is 1. The van der Waals surface area contributed by atoms with Crippen LogP contribution in [0.15, 0.2) is 28.9 Å². The number of rotatable bonds is 5. The summed E-state index contributed by atoms with van der Waals surface area (Å²) in [5.41, 5.74) is 3.33. The minimum atomic E-state index is 0.729. The molecule has 102 valence electrons. The Kier molecular flexibility index (Phi) is 4.47. The molecule has 0 saturated carbocycles. The van der Waals surface area contributed by atoms with Crippen molar-refractivity contribution in [2.24, 2.45) is 0 Å². The molecular weight excluding hydrogens is 306 g/mol. The number of methoxy groups -OCH3 is 1. The average Bonchev–Trinajstić information content (AvgIpc) is 2.84. The first-order valence-corrected chi connectivity index (χ1v) is 7.03. The summed E-state index contributed by atoms with van der Waals surface area (Å²) < 4.78 is 8.42. The van der Waals surface area contributed by atoms with Crippen molar-refractivity contribution in [3.8, 4) is 5.75 Å². The Morgan fingerprint density at radius 2 is 2.21 bits per heavy atom. The molecule has 4 nitrogen and oxygen atoms in total. The molecule has 0 fully saturated rings. The molecule has 19 heavy (non-hydrogen) atoms. The van der Waals surface area contributed by atoms with Gasteiger partial charge in [-0.3, -0.25) is 4.68 Å². The number of anilines is 1. The maximum absolute atomic E-state index is 5.42. The minimum absolute atomic E-state index is 0.729. The average molecular weight is 324 g/mol. The normalized spacial score (nSPS) is 10.5. The molecule has 5 heteroatoms. The Hall–Kier alpha value is -1.49. The number of aromatic nitrogens is 2. The van der Waals surface area contributed by atoms with Crippen molar-refractivity contribution in [1.82, 2.24) is 9.78 Å². The van der Waals surface area contributed by atoms with Gasteiger partial charge >= 0.3 is 0 Å². The van der Waals surface area contributed by atoms with E-state index in [1.807, 2.05) is 23.0 Å². The standard InChI is InChI=1S/C14H18BrN3O/c1-4-18-12(5-6-17-18)9-16-14-10(2)7-11(15)8-13(14)19-3/h5-8,16H,4,9H2,1-3H3. The van der Waals surface area contributed by atoms with Crippen molar-refractivity contribution in [3.63, 3.8) is 0 Å². The highest BCUT2D eigenvalue weighted by Crippen LogP contribution is 2.32. The summed E-state index contributed by atoms with van der Waals surface area (Å²) in [5, 5.41) is 7.69. The zero-order chi connectivity index (χ0) is 13.8. The third kappa shape index (κ3) is 3.10. The van der Waals surface area contributed by atoms with E-state index >= 15 is 0 Å². The Bertz CT molecular complexity index is 566. The van der Waals surface area contributed by atoms with Crippen LogP contribution in [0.25, 0.3) is 0 Å². The van der Waals surface area contributed by atoms with Crippen molar-refractivity contribution in [3.05, 3.63) is 40.1 Å². The van der Waals surface area contributed by atoms with Crippen LogP contribution in [0.3, 0.4) is 0 Å². The van der Waals surface area contributed by atoms with Crippen LogP contribution in [0.1, 0.15) is 18.2 Å². The third-order valence-electron chi connectivity index (χ3n) is 3.03. The summed E-state index contributed by atoms with van der Waals surface area (Å²) in [6, 6.07) is 6.06. The maximum atomic E-state index is 5.42. The fraction of sp³-hybridized carbons (Fsp3) is 0.357. The van der Waals surface area contributed by atoms with E-state index in [9.17, 15) is 0 Å². The van der Waals surface area contributed by atoms with Gasteiger partial charge in [-0.15, -0.1) is 0 Å². The van der Waals surface area contributed by atoms with Crippen LogP contribution < -0.4 is 10.1 Å². The summed E-state index contributed by atoms with van der Waals surface area (Å²) in [6.07, 6.45) is 1.83. The smallest absolute Gasteiger partial charge is 0.143 e. The van der Waals surface area contributed by atoms with Gasteiger partial charge in [-0.05, 0) is 37.6 Å². The van der Waals surface area contributed by atoms with Crippen LogP contribution in [0.4, 0.5) is 5.69 Å². The lowest BCUT2D eigenvalue weighted by atomic mass is 10.2. The molecule has 0 aliphatic rings. The first-order valence-electron chi connectivity index (χ1n) is 6.24. The van der Waals surface area contributed by atoms with Crippen LogP contribution in [-0.2, 0) is 13.1 Å². The largest absolute Gasteiger partial charge is 0.495 e. The van der Waals surface area contributed by atoms with E-state index in [0.29, 0.717) is 0 Å². The third-order valence-corrected chi connectivity index (χ3v) is 3.49. The first kappa shape index (κ1) is 13.9. The molecule has 2 aromatic rings. The van der Waals surface area contributed by atoms with Crippen LogP contribution in [-0.4, -0.2) is 16.9 Å². The lowest BCUT2D eigenvalue weighted by Crippen LogP contribution is -2.09. The quantitative estimate of drug-likeness (QED) is 0.913. The van der Waals surface area contributed by atoms with Crippen molar-refractivity contribution < 1.29 is 4.74 Å². The van der Waals surface area contributed by atoms with Gasteiger partial charge in [-0.25, -0.2) is 0 Å².